The molecular weight excluding hydrogens is 260 g/mol. The third-order valence-corrected chi connectivity index (χ3v) is 4.80. The zero-order chi connectivity index (χ0) is 14.0. The van der Waals surface area contributed by atoms with Gasteiger partial charge in [0.15, 0.2) is 9.84 Å². The first kappa shape index (κ1) is 14.3. The first-order valence-corrected chi connectivity index (χ1v) is 8.57. The van der Waals surface area contributed by atoms with E-state index in [2.05, 4.69) is 16.8 Å². The Morgan fingerprint density at radius 1 is 1.16 bits per heavy atom. The van der Waals surface area contributed by atoms with E-state index in [1.807, 2.05) is 25.1 Å². The molecule has 4 nitrogen and oxygen atoms in total. The van der Waals surface area contributed by atoms with Gasteiger partial charge in [0.25, 0.3) is 0 Å². The number of rotatable bonds is 3. The normalized spacial score (nSPS) is 17.7. The predicted octanol–water partition coefficient (Wildman–Crippen LogP) is 1.40. The van der Waals surface area contributed by atoms with E-state index in [9.17, 15) is 8.42 Å². The molecule has 0 bridgehead atoms. The molecule has 19 heavy (non-hydrogen) atoms. The van der Waals surface area contributed by atoms with Gasteiger partial charge in [-0.25, -0.2) is 8.42 Å². The molecule has 1 aromatic rings. The molecule has 0 spiro atoms. The molecule has 1 saturated heterocycles. The van der Waals surface area contributed by atoms with Crippen LogP contribution in [-0.2, 0) is 16.3 Å². The maximum absolute atomic E-state index is 12.0. The lowest BCUT2D eigenvalue weighted by Crippen LogP contribution is -2.44. The first-order valence-electron chi connectivity index (χ1n) is 6.68. The van der Waals surface area contributed by atoms with Gasteiger partial charge < -0.3 is 9.80 Å². The summed E-state index contributed by atoms with van der Waals surface area (Å²) in [6, 6.07) is 5.81. The Morgan fingerprint density at radius 2 is 1.79 bits per heavy atom. The average Bonchev–Trinajstić information content (AvgIpc) is 2.38. The number of piperazine rings is 1. The standard InChI is InChI=1S/C14H22N2O2S/c1-4-12-5-6-13(14(11-12)19(3,17)18)16-9-7-15(2)8-10-16/h5-6,11H,4,7-10H2,1-3H3. The lowest BCUT2D eigenvalue weighted by atomic mass is 10.1. The number of anilines is 1. The Balaban J connectivity index is 2.39. The fourth-order valence-electron chi connectivity index (χ4n) is 2.38. The maximum atomic E-state index is 12.0. The summed E-state index contributed by atoms with van der Waals surface area (Å²) in [4.78, 5) is 4.91. The summed E-state index contributed by atoms with van der Waals surface area (Å²) in [5.41, 5.74) is 1.92. The highest BCUT2D eigenvalue weighted by atomic mass is 32.2. The van der Waals surface area contributed by atoms with Crippen LogP contribution in [-0.4, -0.2) is 52.8 Å². The second-order valence-corrected chi connectivity index (χ2v) is 7.20. The number of hydrogen-bond acceptors (Lipinski definition) is 4. The third kappa shape index (κ3) is 3.28. The summed E-state index contributed by atoms with van der Waals surface area (Å²) < 4.78 is 24.0. The van der Waals surface area contributed by atoms with Crippen molar-refractivity contribution < 1.29 is 8.42 Å². The summed E-state index contributed by atoms with van der Waals surface area (Å²) >= 11 is 0. The van der Waals surface area contributed by atoms with E-state index < -0.39 is 9.84 Å². The predicted molar refractivity (Wildman–Crippen MR) is 78.6 cm³/mol. The number of hydrogen-bond donors (Lipinski definition) is 0. The van der Waals surface area contributed by atoms with Gasteiger partial charge in [-0.3, -0.25) is 0 Å². The fourth-order valence-corrected chi connectivity index (χ4v) is 3.33. The van der Waals surface area contributed by atoms with E-state index in [-0.39, 0.29) is 0 Å². The molecule has 0 radical (unpaired) electrons. The van der Waals surface area contributed by atoms with E-state index in [0.29, 0.717) is 4.90 Å². The SMILES string of the molecule is CCc1ccc(N2CCN(C)CC2)c(S(C)(=O)=O)c1. The van der Waals surface area contributed by atoms with Crippen LogP contribution in [0.4, 0.5) is 5.69 Å². The molecule has 1 heterocycles. The number of nitrogens with zero attached hydrogens (tertiary/aromatic N) is 2. The molecule has 1 fully saturated rings. The van der Waals surface area contributed by atoms with Gasteiger partial charge in [-0.05, 0) is 31.2 Å². The lowest BCUT2D eigenvalue weighted by Gasteiger charge is -2.35. The van der Waals surface area contributed by atoms with Crippen molar-refractivity contribution in [2.24, 2.45) is 0 Å². The van der Waals surface area contributed by atoms with E-state index >= 15 is 0 Å². The van der Waals surface area contributed by atoms with Gasteiger partial charge in [-0.15, -0.1) is 0 Å². The van der Waals surface area contributed by atoms with Crippen molar-refractivity contribution in [3.05, 3.63) is 23.8 Å². The molecule has 0 amide bonds. The first-order chi connectivity index (χ1) is 8.91. The van der Waals surface area contributed by atoms with E-state index in [4.69, 9.17) is 0 Å². The minimum atomic E-state index is -3.18. The van der Waals surface area contributed by atoms with Crippen LogP contribution in [0.3, 0.4) is 0 Å². The molecular formula is C14H22N2O2S. The summed E-state index contributed by atoms with van der Waals surface area (Å²) in [5.74, 6) is 0. The highest BCUT2D eigenvalue weighted by molar-refractivity contribution is 7.90. The van der Waals surface area contributed by atoms with Crippen molar-refractivity contribution >= 4 is 15.5 Å². The van der Waals surface area contributed by atoms with E-state index in [1.54, 1.807) is 0 Å². The van der Waals surface area contributed by atoms with Crippen LogP contribution < -0.4 is 4.90 Å². The molecule has 0 unspecified atom stereocenters. The summed E-state index contributed by atoms with van der Waals surface area (Å²) in [5, 5.41) is 0. The van der Waals surface area contributed by atoms with Crippen LogP contribution in [0.25, 0.3) is 0 Å². The van der Waals surface area contributed by atoms with Crippen LogP contribution in [0.15, 0.2) is 23.1 Å². The summed E-state index contributed by atoms with van der Waals surface area (Å²) in [6.07, 6.45) is 2.15. The van der Waals surface area contributed by atoms with Crippen molar-refractivity contribution in [1.29, 1.82) is 0 Å². The van der Waals surface area contributed by atoms with Gasteiger partial charge in [0.2, 0.25) is 0 Å². The van der Waals surface area contributed by atoms with Gasteiger partial charge in [0, 0.05) is 32.4 Å². The molecule has 1 aliphatic rings. The Morgan fingerprint density at radius 3 is 2.32 bits per heavy atom. The Kier molecular flexibility index (Phi) is 4.16. The number of benzene rings is 1. The Bertz CT molecular complexity index is 547. The number of aryl methyl sites for hydroxylation is 1. The molecule has 2 rings (SSSR count). The van der Waals surface area contributed by atoms with Crippen LogP contribution in [0.1, 0.15) is 12.5 Å². The zero-order valence-corrected chi connectivity index (χ0v) is 12.7. The van der Waals surface area contributed by atoms with Crippen molar-refractivity contribution in [1.82, 2.24) is 4.90 Å². The van der Waals surface area contributed by atoms with Crippen LogP contribution in [0.2, 0.25) is 0 Å². The smallest absolute Gasteiger partial charge is 0.177 e. The number of likely N-dealkylation sites (N-methyl/N-ethyl adjacent to an activating group) is 1. The van der Waals surface area contributed by atoms with E-state index in [1.165, 1.54) is 6.26 Å². The van der Waals surface area contributed by atoms with Gasteiger partial charge in [-0.2, -0.15) is 0 Å². The molecule has 0 saturated carbocycles. The van der Waals surface area contributed by atoms with Gasteiger partial charge in [0.05, 0.1) is 10.6 Å². The van der Waals surface area contributed by atoms with Crippen molar-refractivity contribution in [2.45, 2.75) is 18.2 Å². The second kappa shape index (κ2) is 5.51. The summed E-state index contributed by atoms with van der Waals surface area (Å²) in [6.45, 7) is 5.74. The van der Waals surface area contributed by atoms with Crippen LogP contribution in [0, 0.1) is 0 Å². The molecule has 1 aromatic carbocycles. The molecule has 0 atom stereocenters. The largest absolute Gasteiger partial charge is 0.368 e. The molecule has 1 aliphatic heterocycles. The fraction of sp³-hybridized carbons (Fsp3) is 0.571. The zero-order valence-electron chi connectivity index (χ0n) is 11.9. The monoisotopic (exact) mass is 282 g/mol. The van der Waals surface area contributed by atoms with Gasteiger partial charge >= 0.3 is 0 Å². The Labute approximate surface area is 115 Å². The Hall–Kier alpha value is -1.07. The van der Waals surface area contributed by atoms with Gasteiger partial charge in [-0.1, -0.05) is 13.0 Å². The van der Waals surface area contributed by atoms with Crippen molar-refractivity contribution in [3.63, 3.8) is 0 Å². The molecule has 0 aliphatic carbocycles. The maximum Gasteiger partial charge on any atom is 0.177 e. The van der Waals surface area contributed by atoms with Crippen LogP contribution in [0.5, 0.6) is 0 Å². The molecule has 0 aromatic heterocycles. The highest BCUT2D eigenvalue weighted by Gasteiger charge is 2.21. The van der Waals surface area contributed by atoms with Gasteiger partial charge in [0.1, 0.15) is 0 Å². The molecule has 0 N–H and O–H groups in total. The average molecular weight is 282 g/mol. The minimum Gasteiger partial charge on any atom is -0.368 e. The third-order valence-electron chi connectivity index (χ3n) is 3.68. The second-order valence-electron chi connectivity index (χ2n) is 5.22. The van der Waals surface area contributed by atoms with Crippen molar-refractivity contribution in [3.8, 4) is 0 Å². The van der Waals surface area contributed by atoms with Crippen LogP contribution >= 0.6 is 0 Å². The molecule has 5 heteroatoms. The molecule has 106 valence electrons. The quantitative estimate of drug-likeness (QED) is 0.840. The minimum absolute atomic E-state index is 0.469. The highest BCUT2D eigenvalue weighted by Crippen LogP contribution is 2.27. The summed E-state index contributed by atoms with van der Waals surface area (Å²) in [7, 11) is -1.09. The lowest BCUT2D eigenvalue weighted by molar-refractivity contribution is 0.312. The topological polar surface area (TPSA) is 40.6 Å². The van der Waals surface area contributed by atoms with E-state index in [0.717, 1.165) is 43.9 Å². The van der Waals surface area contributed by atoms with Crippen molar-refractivity contribution in [2.75, 3.05) is 44.4 Å². The number of sulfone groups is 1.